The number of rotatable bonds is 5. The van der Waals surface area contributed by atoms with Gasteiger partial charge in [-0.05, 0) is 39.3 Å². The van der Waals surface area contributed by atoms with E-state index in [4.69, 9.17) is 10.5 Å². The van der Waals surface area contributed by atoms with Gasteiger partial charge in [0.15, 0.2) is 0 Å². The summed E-state index contributed by atoms with van der Waals surface area (Å²) in [5.74, 6) is 0.862. The number of nitrogens with zero attached hydrogens (tertiary/aromatic N) is 2. The lowest BCUT2D eigenvalue weighted by atomic mass is 10.1. The van der Waals surface area contributed by atoms with E-state index in [1.54, 1.807) is 0 Å². The van der Waals surface area contributed by atoms with E-state index in [2.05, 4.69) is 18.9 Å². The highest BCUT2D eigenvalue weighted by Crippen LogP contribution is 2.25. The highest BCUT2D eigenvalue weighted by Gasteiger charge is 2.15. The van der Waals surface area contributed by atoms with E-state index in [1.807, 2.05) is 42.8 Å². The van der Waals surface area contributed by atoms with Crippen LogP contribution in [0.2, 0.25) is 0 Å². The Morgan fingerprint density at radius 3 is 2.55 bits per heavy atom. The van der Waals surface area contributed by atoms with Crippen molar-refractivity contribution in [2.75, 3.05) is 6.61 Å². The molecule has 0 spiro atoms. The summed E-state index contributed by atoms with van der Waals surface area (Å²) in [6.07, 6.45) is 0. The normalized spacial score (nSPS) is 12.4. The molecule has 0 amide bonds. The summed E-state index contributed by atoms with van der Waals surface area (Å²) in [6, 6.07) is 7.81. The number of para-hydroxylation sites is 1. The predicted octanol–water partition coefficient (Wildman–Crippen LogP) is 2.91. The van der Waals surface area contributed by atoms with Crippen molar-refractivity contribution in [2.45, 2.75) is 40.3 Å². The van der Waals surface area contributed by atoms with E-state index in [0.717, 1.165) is 17.0 Å². The Morgan fingerprint density at radius 2 is 1.95 bits per heavy atom. The molecule has 108 valence electrons. The van der Waals surface area contributed by atoms with Crippen molar-refractivity contribution in [2.24, 2.45) is 5.73 Å². The zero-order chi connectivity index (χ0) is 14.7. The number of ether oxygens (including phenoxy) is 1. The lowest BCUT2D eigenvalue weighted by Gasteiger charge is -2.17. The molecule has 0 bridgehead atoms. The number of hydrogen-bond acceptors (Lipinski definition) is 3. The van der Waals surface area contributed by atoms with E-state index in [-0.39, 0.29) is 6.04 Å². The molecule has 0 aliphatic rings. The van der Waals surface area contributed by atoms with Crippen LogP contribution in [0.5, 0.6) is 5.75 Å². The second-order valence-corrected chi connectivity index (χ2v) is 5.06. The molecule has 0 aliphatic carbocycles. The SMILES string of the molecule is CCOc1ccccc1C(N)Cn1nc(C)c(C)c1C. The fourth-order valence-electron chi connectivity index (χ4n) is 2.32. The Morgan fingerprint density at radius 1 is 1.25 bits per heavy atom. The largest absolute Gasteiger partial charge is 0.494 e. The smallest absolute Gasteiger partial charge is 0.124 e. The molecule has 1 aromatic carbocycles. The summed E-state index contributed by atoms with van der Waals surface area (Å²) in [4.78, 5) is 0. The van der Waals surface area contributed by atoms with Gasteiger partial charge in [-0.1, -0.05) is 18.2 Å². The van der Waals surface area contributed by atoms with Gasteiger partial charge in [0.2, 0.25) is 0 Å². The van der Waals surface area contributed by atoms with Crippen LogP contribution in [0.15, 0.2) is 24.3 Å². The van der Waals surface area contributed by atoms with Gasteiger partial charge in [0.25, 0.3) is 0 Å². The van der Waals surface area contributed by atoms with E-state index < -0.39 is 0 Å². The topological polar surface area (TPSA) is 53.1 Å². The van der Waals surface area contributed by atoms with Crippen LogP contribution >= 0.6 is 0 Å². The van der Waals surface area contributed by atoms with E-state index >= 15 is 0 Å². The van der Waals surface area contributed by atoms with Gasteiger partial charge in [-0.3, -0.25) is 4.68 Å². The minimum atomic E-state index is -0.129. The van der Waals surface area contributed by atoms with Crippen molar-refractivity contribution < 1.29 is 4.74 Å². The maximum atomic E-state index is 6.35. The second kappa shape index (κ2) is 6.09. The molecule has 1 atom stereocenters. The first kappa shape index (κ1) is 14.6. The van der Waals surface area contributed by atoms with Crippen LogP contribution in [-0.2, 0) is 6.54 Å². The minimum absolute atomic E-state index is 0.129. The first-order chi connectivity index (χ1) is 9.54. The molecule has 4 nitrogen and oxygen atoms in total. The van der Waals surface area contributed by atoms with Crippen LogP contribution in [0, 0.1) is 20.8 Å². The zero-order valence-corrected chi connectivity index (χ0v) is 12.7. The number of nitrogens with two attached hydrogens (primary N) is 1. The molecule has 0 saturated heterocycles. The molecular weight excluding hydrogens is 250 g/mol. The molecule has 0 fully saturated rings. The zero-order valence-electron chi connectivity index (χ0n) is 12.7. The van der Waals surface area contributed by atoms with Crippen LogP contribution in [-0.4, -0.2) is 16.4 Å². The monoisotopic (exact) mass is 273 g/mol. The lowest BCUT2D eigenvalue weighted by Crippen LogP contribution is -2.20. The molecule has 1 unspecified atom stereocenters. The Hall–Kier alpha value is -1.81. The van der Waals surface area contributed by atoms with Crippen LogP contribution < -0.4 is 10.5 Å². The Labute approximate surface area is 120 Å². The van der Waals surface area contributed by atoms with Gasteiger partial charge >= 0.3 is 0 Å². The molecule has 0 radical (unpaired) electrons. The fraction of sp³-hybridized carbons (Fsp3) is 0.438. The predicted molar refractivity (Wildman–Crippen MR) is 81.0 cm³/mol. The molecule has 4 heteroatoms. The van der Waals surface area contributed by atoms with Gasteiger partial charge in [-0.25, -0.2) is 0 Å². The number of aryl methyl sites for hydroxylation is 1. The molecule has 1 aromatic heterocycles. The van der Waals surface area contributed by atoms with Crippen molar-refractivity contribution in [3.63, 3.8) is 0 Å². The molecule has 20 heavy (non-hydrogen) atoms. The molecule has 0 saturated carbocycles. The van der Waals surface area contributed by atoms with Crippen molar-refractivity contribution >= 4 is 0 Å². The van der Waals surface area contributed by atoms with Crippen molar-refractivity contribution in [1.82, 2.24) is 9.78 Å². The maximum Gasteiger partial charge on any atom is 0.124 e. The number of benzene rings is 1. The Kier molecular flexibility index (Phi) is 4.45. The van der Waals surface area contributed by atoms with Gasteiger partial charge in [-0.2, -0.15) is 5.10 Å². The molecule has 0 aliphatic heterocycles. The van der Waals surface area contributed by atoms with E-state index in [1.165, 1.54) is 11.3 Å². The Bertz CT molecular complexity index is 589. The van der Waals surface area contributed by atoms with Gasteiger partial charge in [-0.15, -0.1) is 0 Å². The molecule has 2 aromatic rings. The summed E-state index contributed by atoms with van der Waals surface area (Å²) >= 11 is 0. The summed E-state index contributed by atoms with van der Waals surface area (Å²) in [5.41, 5.74) is 10.8. The summed E-state index contributed by atoms with van der Waals surface area (Å²) < 4.78 is 7.63. The first-order valence-corrected chi connectivity index (χ1v) is 7.02. The fourth-order valence-corrected chi connectivity index (χ4v) is 2.32. The highest BCUT2D eigenvalue weighted by atomic mass is 16.5. The number of aromatic nitrogens is 2. The third kappa shape index (κ3) is 2.85. The van der Waals surface area contributed by atoms with Crippen molar-refractivity contribution in [1.29, 1.82) is 0 Å². The standard InChI is InChI=1S/C16H23N3O/c1-5-20-16-9-7-6-8-14(16)15(17)10-19-13(4)11(2)12(3)18-19/h6-9,15H,5,10,17H2,1-4H3. The maximum absolute atomic E-state index is 6.35. The molecule has 2 rings (SSSR count). The van der Waals surface area contributed by atoms with Crippen LogP contribution in [0.25, 0.3) is 0 Å². The van der Waals surface area contributed by atoms with Crippen LogP contribution in [0.1, 0.15) is 35.5 Å². The van der Waals surface area contributed by atoms with Crippen LogP contribution in [0.4, 0.5) is 0 Å². The van der Waals surface area contributed by atoms with Gasteiger partial charge in [0, 0.05) is 11.3 Å². The Balaban J connectivity index is 2.23. The molecular formula is C16H23N3O. The van der Waals surface area contributed by atoms with Crippen molar-refractivity contribution in [3.05, 3.63) is 46.8 Å². The summed E-state index contributed by atoms with van der Waals surface area (Å²) in [6.45, 7) is 9.48. The summed E-state index contributed by atoms with van der Waals surface area (Å²) in [7, 11) is 0. The minimum Gasteiger partial charge on any atom is -0.494 e. The lowest BCUT2D eigenvalue weighted by molar-refractivity contribution is 0.332. The van der Waals surface area contributed by atoms with Gasteiger partial charge in [0.1, 0.15) is 5.75 Å². The van der Waals surface area contributed by atoms with Gasteiger partial charge < -0.3 is 10.5 Å². The summed E-state index contributed by atoms with van der Waals surface area (Å²) in [5, 5.41) is 4.55. The van der Waals surface area contributed by atoms with E-state index in [0.29, 0.717) is 13.2 Å². The first-order valence-electron chi connectivity index (χ1n) is 7.02. The molecule has 2 N–H and O–H groups in total. The van der Waals surface area contributed by atoms with Crippen LogP contribution in [0.3, 0.4) is 0 Å². The van der Waals surface area contributed by atoms with Gasteiger partial charge in [0.05, 0.1) is 24.9 Å². The quantitative estimate of drug-likeness (QED) is 0.911. The average Bonchev–Trinajstić information content (AvgIpc) is 2.67. The third-order valence-electron chi connectivity index (χ3n) is 3.73. The number of hydrogen-bond donors (Lipinski definition) is 1. The molecule has 1 heterocycles. The second-order valence-electron chi connectivity index (χ2n) is 5.06. The van der Waals surface area contributed by atoms with Crippen molar-refractivity contribution in [3.8, 4) is 5.75 Å². The highest BCUT2D eigenvalue weighted by molar-refractivity contribution is 5.36. The van der Waals surface area contributed by atoms with E-state index in [9.17, 15) is 0 Å². The average molecular weight is 273 g/mol. The third-order valence-corrected chi connectivity index (χ3v) is 3.73.